The quantitative estimate of drug-likeness (QED) is 0.417. The second-order valence-electron chi connectivity index (χ2n) is 8.23. The second kappa shape index (κ2) is 9.56. The van der Waals surface area contributed by atoms with Crippen LogP contribution in [0.3, 0.4) is 0 Å². The van der Waals surface area contributed by atoms with Crippen molar-refractivity contribution < 1.29 is 9.59 Å². The molecule has 3 aromatic carbocycles. The largest absolute Gasteiger partial charge is 0.348 e. The zero-order valence-electron chi connectivity index (χ0n) is 19.0. The summed E-state index contributed by atoms with van der Waals surface area (Å²) in [6.45, 7) is 0.415. The van der Waals surface area contributed by atoms with Gasteiger partial charge in [0.2, 0.25) is 11.9 Å². The number of halogens is 1. The van der Waals surface area contributed by atoms with Gasteiger partial charge < -0.3 is 15.5 Å². The fourth-order valence-electron chi connectivity index (χ4n) is 3.93. The number of carbonyl (C=O) groups is 2. The van der Waals surface area contributed by atoms with Gasteiger partial charge in [0.15, 0.2) is 0 Å². The van der Waals surface area contributed by atoms with Gasteiger partial charge in [0.25, 0.3) is 5.91 Å². The van der Waals surface area contributed by atoms with E-state index in [0.29, 0.717) is 23.1 Å². The maximum absolute atomic E-state index is 12.6. The molecule has 0 saturated heterocycles. The van der Waals surface area contributed by atoms with Gasteiger partial charge in [-0.05, 0) is 48.0 Å². The first-order chi connectivity index (χ1) is 17.0. The first-order valence-corrected chi connectivity index (χ1v) is 11.5. The summed E-state index contributed by atoms with van der Waals surface area (Å²) < 4.78 is 0. The molecule has 0 spiro atoms. The first-order valence-electron chi connectivity index (χ1n) is 11.1. The van der Waals surface area contributed by atoms with Crippen molar-refractivity contribution in [2.75, 3.05) is 17.3 Å². The fourth-order valence-corrected chi connectivity index (χ4v) is 4.06. The lowest BCUT2D eigenvalue weighted by atomic mass is 10.1. The molecule has 1 aliphatic heterocycles. The summed E-state index contributed by atoms with van der Waals surface area (Å²) in [7, 11) is 1.77. The van der Waals surface area contributed by atoms with E-state index in [2.05, 4.69) is 15.6 Å². The van der Waals surface area contributed by atoms with Crippen LogP contribution in [0.5, 0.6) is 0 Å². The third-order valence-electron chi connectivity index (χ3n) is 5.87. The average Bonchev–Trinajstić information content (AvgIpc) is 2.98. The van der Waals surface area contributed by atoms with Gasteiger partial charge >= 0.3 is 0 Å². The molecule has 0 radical (unpaired) electrons. The number of amides is 2. The van der Waals surface area contributed by atoms with Gasteiger partial charge in [-0.25, -0.2) is 9.97 Å². The number of para-hydroxylation sites is 1. The number of hydrogen-bond donors (Lipinski definition) is 2. The fraction of sp³-hybridized carbons (Fsp3) is 0.111. The zero-order valence-corrected chi connectivity index (χ0v) is 19.7. The highest BCUT2D eigenvalue weighted by Gasteiger charge is 2.24. The van der Waals surface area contributed by atoms with Crippen LogP contribution >= 0.6 is 11.6 Å². The molecule has 0 atom stereocenters. The van der Waals surface area contributed by atoms with Crippen molar-refractivity contribution >= 4 is 40.7 Å². The van der Waals surface area contributed by atoms with Crippen LogP contribution in [0.25, 0.3) is 11.3 Å². The minimum atomic E-state index is -0.168. The van der Waals surface area contributed by atoms with E-state index in [1.165, 1.54) is 0 Å². The number of carbonyl (C=O) groups excluding carboxylic acids is 2. The predicted octanol–water partition coefficient (Wildman–Crippen LogP) is 4.99. The summed E-state index contributed by atoms with van der Waals surface area (Å²) in [6.07, 6.45) is 1.93. The van der Waals surface area contributed by atoms with E-state index in [1.54, 1.807) is 54.5 Å². The highest BCUT2D eigenvalue weighted by atomic mass is 35.5. The van der Waals surface area contributed by atoms with E-state index in [-0.39, 0.29) is 18.2 Å². The average molecular weight is 484 g/mol. The SMILES string of the molecule is CN1C(=O)Cc2cnc(Nc3ccc(C(=O)NCc4ccc(Cl)cc4)cc3)nc2-c2ccccc21. The molecular formula is C27H22ClN5O2. The molecule has 4 aromatic rings. The van der Waals surface area contributed by atoms with Crippen molar-refractivity contribution in [3.8, 4) is 11.3 Å². The van der Waals surface area contributed by atoms with Gasteiger partial charge in [0.05, 0.1) is 17.8 Å². The van der Waals surface area contributed by atoms with Crippen molar-refractivity contribution in [1.29, 1.82) is 0 Å². The molecule has 1 aliphatic rings. The van der Waals surface area contributed by atoms with Gasteiger partial charge in [-0.1, -0.05) is 41.9 Å². The Morgan fingerprint density at radius 3 is 2.54 bits per heavy atom. The van der Waals surface area contributed by atoms with Gasteiger partial charge in [-0.2, -0.15) is 0 Å². The standard InChI is InChI=1S/C27H22ClN5O2/c1-33-23-5-3-2-4-22(23)25-19(14-24(33)34)16-30-27(32-25)31-21-12-8-18(9-13-21)26(35)29-15-17-6-10-20(28)11-7-17/h2-13,16H,14-15H2,1H3,(H,29,35)(H,30,31,32). The summed E-state index contributed by atoms with van der Waals surface area (Å²) in [5.41, 5.74) is 5.47. The summed E-state index contributed by atoms with van der Waals surface area (Å²) in [5.74, 6) is 0.235. The maximum Gasteiger partial charge on any atom is 0.251 e. The summed E-state index contributed by atoms with van der Waals surface area (Å²) in [6, 6.07) is 22.1. The Bertz CT molecular complexity index is 1400. The first kappa shape index (κ1) is 22.6. The lowest BCUT2D eigenvalue weighted by Crippen LogP contribution is -2.26. The number of rotatable bonds is 5. The van der Waals surface area contributed by atoms with E-state index < -0.39 is 0 Å². The molecular weight excluding hydrogens is 462 g/mol. The number of aromatic nitrogens is 2. The van der Waals surface area contributed by atoms with Gasteiger partial charge in [-0.3, -0.25) is 9.59 Å². The minimum absolute atomic E-state index is 0.00885. The van der Waals surface area contributed by atoms with E-state index in [0.717, 1.165) is 33.8 Å². The molecule has 2 amide bonds. The molecule has 0 bridgehead atoms. The van der Waals surface area contributed by atoms with Gasteiger partial charge in [0.1, 0.15) is 0 Å². The van der Waals surface area contributed by atoms with E-state index in [1.807, 2.05) is 36.4 Å². The minimum Gasteiger partial charge on any atom is -0.348 e. The molecule has 8 heteroatoms. The summed E-state index contributed by atoms with van der Waals surface area (Å²) >= 11 is 5.90. The van der Waals surface area contributed by atoms with E-state index in [4.69, 9.17) is 16.6 Å². The number of nitrogens with zero attached hydrogens (tertiary/aromatic N) is 3. The Morgan fingerprint density at radius 1 is 1.03 bits per heavy atom. The van der Waals surface area contributed by atoms with Crippen molar-refractivity contribution in [2.45, 2.75) is 13.0 Å². The van der Waals surface area contributed by atoms with Crippen LogP contribution in [0, 0.1) is 0 Å². The summed E-state index contributed by atoms with van der Waals surface area (Å²) in [5, 5.41) is 6.75. The molecule has 7 nitrogen and oxygen atoms in total. The number of anilines is 3. The Balaban J connectivity index is 1.31. The Kier molecular flexibility index (Phi) is 6.16. The Morgan fingerprint density at radius 2 is 1.77 bits per heavy atom. The third kappa shape index (κ3) is 4.85. The predicted molar refractivity (Wildman–Crippen MR) is 137 cm³/mol. The van der Waals surface area contributed by atoms with E-state index in [9.17, 15) is 9.59 Å². The lowest BCUT2D eigenvalue weighted by molar-refractivity contribution is -0.117. The van der Waals surface area contributed by atoms with Crippen LogP contribution in [0.1, 0.15) is 21.5 Å². The van der Waals surface area contributed by atoms with E-state index >= 15 is 0 Å². The molecule has 2 heterocycles. The smallest absolute Gasteiger partial charge is 0.251 e. The molecule has 2 N–H and O–H groups in total. The van der Waals surface area contributed by atoms with Crippen LogP contribution in [-0.4, -0.2) is 28.8 Å². The normalized spacial score (nSPS) is 12.4. The van der Waals surface area contributed by atoms with Crippen molar-refractivity contribution in [1.82, 2.24) is 15.3 Å². The lowest BCUT2D eigenvalue weighted by Gasteiger charge is -2.16. The molecule has 174 valence electrons. The molecule has 0 saturated carbocycles. The summed E-state index contributed by atoms with van der Waals surface area (Å²) in [4.78, 5) is 35.8. The maximum atomic E-state index is 12.6. The number of nitrogens with one attached hydrogen (secondary N) is 2. The van der Waals surface area contributed by atoms with Crippen LogP contribution in [0.2, 0.25) is 5.02 Å². The topological polar surface area (TPSA) is 87.2 Å². The number of likely N-dealkylation sites (N-methyl/N-ethyl adjacent to an activating group) is 1. The van der Waals surface area contributed by atoms with Gasteiger partial charge in [0, 0.05) is 47.2 Å². The second-order valence-corrected chi connectivity index (χ2v) is 8.66. The third-order valence-corrected chi connectivity index (χ3v) is 6.12. The van der Waals surface area contributed by atoms with Crippen molar-refractivity contribution in [3.63, 3.8) is 0 Å². The van der Waals surface area contributed by atoms with Crippen molar-refractivity contribution in [3.05, 3.63) is 101 Å². The number of benzene rings is 3. The van der Waals surface area contributed by atoms with Crippen LogP contribution in [-0.2, 0) is 17.8 Å². The Hall–Kier alpha value is -4.23. The molecule has 0 aliphatic carbocycles. The number of hydrogen-bond acceptors (Lipinski definition) is 5. The van der Waals surface area contributed by atoms with Crippen LogP contribution in [0.15, 0.2) is 79.0 Å². The monoisotopic (exact) mass is 483 g/mol. The zero-order chi connectivity index (χ0) is 24.4. The Labute approximate surface area is 207 Å². The molecule has 1 aromatic heterocycles. The van der Waals surface area contributed by atoms with Crippen LogP contribution < -0.4 is 15.5 Å². The number of fused-ring (bicyclic) bond motifs is 3. The highest BCUT2D eigenvalue weighted by molar-refractivity contribution is 6.30. The highest BCUT2D eigenvalue weighted by Crippen LogP contribution is 2.35. The van der Waals surface area contributed by atoms with Crippen molar-refractivity contribution in [2.24, 2.45) is 0 Å². The van der Waals surface area contributed by atoms with Gasteiger partial charge in [-0.15, -0.1) is 0 Å². The molecule has 0 fully saturated rings. The molecule has 0 unspecified atom stereocenters. The molecule has 35 heavy (non-hydrogen) atoms. The van der Waals surface area contributed by atoms with Crippen LogP contribution in [0.4, 0.5) is 17.3 Å². The molecule has 5 rings (SSSR count).